The number of nitrogens with one attached hydrogen (secondary N) is 1. The van der Waals surface area contributed by atoms with Crippen LogP contribution in [0.3, 0.4) is 0 Å². The first-order chi connectivity index (χ1) is 7.77. The van der Waals surface area contributed by atoms with E-state index in [9.17, 15) is 0 Å². The minimum atomic E-state index is 0.147. The van der Waals surface area contributed by atoms with Crippen molar-refractivity contribution in [3.63, 3.8) is 0 Å². The van der Waals surface area contributed by atoms with Gasteiger partial charge in [-0.15, -0.1) is 11.3 Å². The van der Waals surface area contributed by atoms with Crippen molar-refractivity contribution in [1.82, 2.24) is 10.3 Å². The lowest BCUT2D eigenvalue weighted by molar-refractivity contribution is 0.187. The topological polar surface area (TPSA) is 60.2 Å². The third kappa shape index (κ3) is 4.57. The predicted octanol–water partition coefficient (Wildman–Crippen LogP) is 1.55. The fourth-order valence-corrected chi connectivity index (χ4v) is 2.27. The highest BCUT2D eigenvalue weighted by Crippen LogP contribution is 2.18. The fraction of sp³-hybridized carbons (Fsp3) is 0.727. The Balaban J connectivity index is 2.29. The van der Waals surface area contributed by atoms with Gasteiger partial charge in [-0.3, -0.25) is 0 Å². The van der Waals surface area contributed by atoms with Crippen LogP contribution < -0.4 is 11.1 Å². The normalized spacial score (nSPS) is 14.9. The van der Waals surface area contributed by atoms with Crippen LogP contribution in [-0.2, 0) is 4.74 Å². The lowest BCUT2D eigenvalue weighted by Crippen LogP contribution is -2.36. The van der Waals surface area contributed by atoms with Crippen molar-refractivity contribution in [2.24, 2.45) is 5.73 Å². The second kappa shape index (κ2) is 7.73. The predicted molar refractivity (Wildman–Crippen MR) is 67.6 cm³/mol. The molecule has 0 fully saturated rings. The number of hydrogen-bond donors (Lipinski definition) is 2. The van der Waals surface area contributed by atoms with Crippen LogP contribution in [0.15, 0.2) is 11.6 Å². The van der Waals surface area contributed by atoms with Gasteiger partial charge in [-0.2, -0.15) is 0 Å². The molecular formula is C11H21N3OS. The molecule has 92 valence electrons. The molecular weight excluding hydrogens is 222 g/mol. The lowest BCUT2D eigenvalue weighted by Gasteiger charge is -2.18. The van der Waals surface area contributed by atoms with Crippen molar-refractivity contribution < 1.29 is 4.74 Å². The Bertz CT molecular complexity index is 266. The van der Waals surface area contributed by atoms with Gasteiger partial charge in [-0.05, 0) is 12.8 Å². The largest absolute Gasteiger partial charge is 0.385 e. The summed E-state index contributed by atoms with van der Waals surface area (Å²) in [6.07, 6.45) is 3.76. The summed E-state index contributed by atoms with van der Waals surface area (Å²) in [4.78, 5) is 4.32. The Morgan fingerprint density at radius 2 is 2.44 bits per heavy atom. The molecule has 1 heterocycles. The first-order valence-corrected chi connectivity index (χ1v) is 6.53. The molecule has 0 radical (unpaired) electrons. The highest BCUT2D eigenvalue weighted by molar-refractivity contribution is 7.09. The third-order valence-corrected chi connectivity index (χ3v) is 3.37. The van der Waals surface area contributed by atoms with E-state index in [1.807, 2.05) is 11.6 Å². The van der Waals surface area contributed by atoms with Gasteiger partial charge in [0.2, 0.25) is 0 Å². The molecule has 0 saturated carbocycles. The molecule has 0 aromatic carbocycles. The second-order valence-corrected chi connectivity index (χ2v) is 4.71. The zero-order chi connectivity index (χ0) is 11.8. The zero-order valence-electron chi connectivity index (χ0n) is 9.98. The molecule has 0 aliphatic carbocycles. The van der Waals surface area contributed by atoms with Gasteiger partial charge in [0.1, 0.15) is 5.01 Å². The van der Waals surface area contributed by atoms with Gasteiger partial charge < -0.3 is 15.8 Å². The molecule has 0 aliphatic rings. The van der Waals surface area contributed by atoms with E-state index in [0.717, 1.165) is 31.0 Å². The number of methoxy groups -OCH3 is 1. The summed E-state index contributed by atoms with van der Waals surface area (Å²) in [6.45, 7) is 3.68. The molecule has 0 spiro atoms. The van der Waals surface area contributed by atoms with E-state index in [1.54, 1.807) is 18.4 Å². The summed E-state index contributed by atoms with van der Waals surface area (Å²) < 4.78 is 5.00. The molecule has 1 rings (SSSR count). The van der Waals surface area contributed by atoms with Gasteiger partial charge in [0, 0.05) is 37.9 Å². The molecule has 0 saturated heterocycles. The molecule has 16 heavy (non-hydrogen) atoms. The summed E-state index contributed by atoms with van der Waals surface area (Å²) in [7, 11) is 1.70. The SMILES string of the molecule is CCC(NCC(N)CCOC)c1nccs1. The quantitative estimate of drug-likeness (QED) is 0.727. The van der Waals surface area contributed by atoms with Crippen LogP contribution in [0.5, 0.6) is 0 Å². The number of aromatic nitrogens is 1. The van der Waals surface area contributed by atoms with Crippen molar-refractivity contribution in [2.75, 3.05) is 20.3 Å². The van der Waals surface area contributed by atoms with E-state index >= 15 is 0 Å². The van der Waals surface area contributed by atoms with E-state index in [0.29, 0.717) is 6.04 Å². The van der Waals surface area contributed by atoms with Crippen LogP contribution in [0.2, 0.25) is 0 Å². The van der Waals surface area contributed by atoms with Crippen molar-refractivity contribution in [1.29, 1.82) is 0 Å². The van der Waals surface area contributed by atoms with Gasteiger partial charge in [-0.25, -0.2) is 4.98 Å². The number of ether oxygens (including phenoxy) is 1. The van der Waals surface area contributed by atoms with Crippen molar-refractivity contribution in [3.05, 3.63) is 16.6 Å². The van der Waals surface area contributed by atoms with E-state index in [1.165, 1.54) is 0 Å². The average molecular weight is 243 g/mol. The van der Waals surface area contributed by atoms with Gasteiger partial charge in [-0.1, -0.05) is 6.92 Å². The molecule has 2 atom stereocenters. The molecule has 2 unspecified atom stereocenters. The maximum atomic E-state index is 5.96. The Labute approximate surface area is 101 Å². The Hall–Kier alpha value is -0.490. The van der Waals surface area contributed by atoms with E-state index in [2.05, 4.69) is 17.2 Å². The fourth-order valence-electron chi connectivity index (χ4n) is 1.48. The van der Waals surface area contributed by atoms with Gasteiger partial charge in [0.15, 0.2) is 0 Å². The molecule has 1 aromatic rings. The van der Waals surface area contributed by atoms with Gasteiger partial charge >= 0.3 is 0 Å². The maximum absolute atomic E-state index is 5.96. The van der Waals surface area contributed by atoms with E-state index in [-0.39, 0.29) is 6.04 Å². The second-order valence-electron chi connectivity index (χ2n) is 3.78. The molecule has 4 nitrogen and oxygen atoms in total. The standard InChI is InChI=1S/C11H21N3OS/c1-3-10(11-13-5-7-16-11)14-8-9(12)4-6-15-2/h5,7,9-10,14H,3-4,6,8,12H2,1-2H3. The maximum Gasteiger partial charge on any atom is 0.109 e. The minimum Gasteiger partial charge on any atom is -0.385 e. The van der Waals surface area contributed by atoms with Gasteiger partial charge in [0.05, 0.1) is 6.04 Å². The Morgan fingerprint density at radius 3 is 3.00 bits per heavy atom. The van der Waals surface area contributed by atoms with Crippen molar-refractivity contribution in [2.45, 2.75) is 31.8 Å². The first kappa shape index (κ1) is 13.6. The summed E-state index contributed by atoms with van der Waals surface area (Å²) in [5.41, 5.74) is 5.96. The number of hydrogen-bond acceptors (Lipinski definition) is 5. The summed E-state index contributed by atoms with van der Waals surface area (Å²) in [5, 5.41) is 6.59. The molecule has 0 bridgehead atoms. The number of thiazole rings is 1. The Morgan fingerprint density at radius 1 is 1.62 bits per heavy atom. The number of rotatable bonds is 8. The van der Waals surface area contributed by atoms with E-state index < -0.39 is 0 Å². The molecule has 0 aliphatic heterocycles. The molecule has 1 aromatic heterocycles. The number of nitrogens with two attached hydrogens (primary N) is 1. The minimum absolute atomic E-state index is 0.147. The zero-order valence-corrected chi connectivity index (χ0v) is 10.8. The van der Waals surface area contributed by atoms with Crippen molar-refractivity contribution in [3.8, 4) is 0 Å². The highest BCUT2D eigenvalue weighted by atomic mass is 32.1. The van der Waals surface area contributed by atoms with Crippen LogP contribution in [0, 0.1) is 0 Å². The lowest BCUT2D eigenvalue weighted by atomic mass is 10.2. The highest BCUT2D eigenvalue weighted by Gasteiger charge is 2.12. The van der Waals surface area contributed by atoms with Crippen LogP contribution in [-0.4, -0.2) is 31.3 Å². The van der Waals surface area contributed by atoms with E-state index in [4.69, 9.17) is 10.5 Å². The first-order valence-electron chi connectivity index (χ1n) is 5.65. The summed E-state index contributed by atoms with van der Waals surface area (Å²) in [5.74, 6) is 0. The Kier molecular flexibility index (Phi) is 6.56. The van der Waals surface area contributed by atoms with Crippen molar-refractivity contribution >= 4 is 11.3 Å². The molecule has 0 amide bonds. The van der Waals surface area contributed by atoms with Gasteiger partial charge in [0.25, 0.3) is 0 Å². The van der Waals surface area contributed by atoms with Crippen LogP contribution >= 0.6 is 11.3 Å². The molecule has 5 heteroatoms. The smallest absolute Gasteiger partial charge is 0.109 e. The third-order valence-electron chi connectivity index (χ3n) is 2.48. The summed E-state index contributed by atoms with van der Waals surface area (Å²) in [6, 6.07) is 0.475. The van der Waals surface area contributed by atoms with Crippen LogP contribution in [0.1, 0.15) is 30.8 Å². The average Bonchev–Trinajstić information content (AvgIpc) is 2.81. The summed E-state index contributed by atoms with van der Waals surface area (Å²) >= 11 is 1.69. The monoisotopic (exact) mass is 243 g/mol. The van der Waals surface area contributed by atoms with Crippen LogP contribution in [0.25, 0.3) is 0 Å². The molecule has 3 N–H and O–H groups in total. The number of nitrogens with zero attached hydrogens (tertiary/aromatic N) is 1. The van der Waals surface area contributed by atoms with Crippen LogP contribution in [0.4, 0.5) is 0 Å².